The topological polar surface area (TPSA) is 63.3 Å². The van der Waals surface area contributed by atoms with Gasteiger partial charge >= 0.3 is 5.97 Å². The Bertz CT molecular complexity index is 589. The minimum absolute atomic E-state index is 0.0790. The van der Waals surface area contributed by atoms with Gasteiger partial charge in [0.2, 0.25) is 0 Å². The first kappa shape index (κ1) is 11.7. The Kier molecular flexibility index (Phi) is 2.90. The Morgan fingerprint density at radius 2 is 2.12 bits per heavy atom. The summed E-state index contributed by atoms with van der Waals surface area (Å²) in [5.74, 6) is -0.773. The molecule has 5 heteroatoms. The van der Waals surface area contributed by atoms with Crippen molar-refractivity contribution in [2.75, 3.05) is 0 Å². The number of aromatic carboxylic acids is 1. The van der Waals surface area contributed by atoms with E-state index in [0.717, 1.165) is 5.56 Å². The largest absolute Gasteiger partial charge is 0.477 e. The number of hydrogen-bond acceptors (Lipinski definition) is 3. The second kappa shape index (κ2) is 4.22. The van der Waals surface area contributed by atoms with Crippen LogP contribution in [0.5, 0.6) is 0 Å². The molecule has 0 saturated heterocycles. The Hall–Kier alpha value is -1.81. The minimum Gasteiger partial charge on any atom is -0.477 e. The van der Waals surface area contributed by atoms with Crippen molar-refractivity contribution in [3.8, 4) is 11.3 Å². The zero-order valence-corrected chi connectivity index (χ0v) is 10.1. The molecule has 4 nitrogen and oxygen atoms in total. The van der Waals surface area contributed by atoms with Crippen LogP contribution < -0.4 is 0 Å². The van der Waals surface area contributed by atoms with Gasteiger partial charge < -0.3 is 9.63 Å². The Morgan fingerprint density at radius 3 is 2.76 bits per heavy atom. The van der Waals surface area contributed by atoms with Crippen molar-refractivity contribution >= 4 is 17.6 Å². The van der Waals surface area contributed by atoms with Crippen molar-refractivity contribution < 1.29 is 14.4 Å². The van der Waals surface area contributed by atoms with Crippen molar-refractivity contribution in [2.24, 2.45) is 0 Å². The third-order valence-corrected chi connectivity index (χ3v) is 2.77. The second-order valence-corrected chi connectivity index (χ2v) is 4.16. The van der Waals surface area contributed by atoms with E-state index in [-0.39, 0.29) is 11.3 Å². The molecule has 0 aliphatic carbocycles. The third-order valence-electron chi connectivity index (χ3n) is 2.53. The summed E-state index contributed by atoms with van der Waals surface area (Å²) < 4.78 is 4.93. The predicted octanol–water partition coefficient (Wildman–Crippen LogP) is 3.31. The molecule has 0 spiro atoms. The first-order valence-electron chi connectivity index (χ1n) is 4.97. The molecule has 2 rings (SSSR count). The molecule has 17 heavy (non-hydrogen) atoms. The molecule has 2 aromatic rings. The van der Waals surface area contributed by atoms with Crippen molar-refractivity contribution in [1.29, 1.82) is 0 Å². The van der Waals surface area contributed by atoms with Gasteiger partial charge in [-0.1, -0.05) is 22.8 Å². The summed E-state index contributed by atoms with van der Waals surface area (Å²) in [4.78, 5) is 11.1. The average Bonchev–Trinajstić information content (AvgIpc) is 2.64. The highest BCUT2D eigenvalue weighted by Crippen LogP contribution is 2.30. The summed E-state index contributed by atoms with van der Waals surface area (Å²) >= 11 is 5.90. The second-order valence-electron chi connectivity index (χ2n) is 3.73. The van der Waals surface area contributed by atoms with Crippen molar-refractivity contribution in [2.45, 2.75) is 13.8 Å². The molecule has 1 aromatic heterocycles. The number of nitrogens with zero attached hydrogens (tertiary/aromatic N) is 1. The summed E-state index contributed by atoms with van der Waals surface area (Å²) in [7, 11) is 0. The lowest BCUT2D eigenvalue weighted by Crippen LogP contribution is -2.00. The van der Waals surface area contributed by atoms with Crippen LogP contribution in [0, 0.1) is 13.8 Å². The Labute approximate surface area is 103 Å². The van der Waals surface area contributed by atoms with Crippen molar-refractivity contribution in [1.82, 2.24) is 5.16 Å². The van der Waals surface area contributed by atoms with Gasteiger partial charge in [-0.15, -0.1) is 0 Å². The van der Waals surface area contributed by atoms with Crippen LogP contribution in [0.15, 0.2) is 22.7 Å². The fraction of sp³-hybridized carbons (Fsp3) is 0.167. The van der Waals surface area contributed by atoms with Crippen LogP contribution >= 0.6 is 11.6 Å². The normalized spacial score (nSPS) is 10.5. The number of hydrogen-bond donors (Lipinski definition) is 1. The molecule has 0 aliphatic heterocycles. The smallest absolute Gasteiger partial charge is 0.341 e. The van der Waals surface area contributed by atoms with Crippen LogP contribution in [0.3, 0.4) is 0 Å². The van der Waals surface area contributed by atoms with E-state index in [0.29, 0.717) is 16.3 Å². The molecule has 1 heterocycles. The van der Waals surface area contributed by atoms with Crippen LogP contribution in [0.2, 0.25) is 5.02 Å². The van der Waals surface area contributed by atoms with E-state index in [1.165, 1.54) is 0 Å². The van der Waals surface area contributed by atoms with E-state index >= 15 is 0 Å². The molecule has 0 radical (unpaired) electrons. The molecule has 0 amide bonds. The highest BCUT2D eigenvalue weighted by Gasteiger charge is 2.21. The molecular formula is C12H10ClNO3. The SMILES string of the molecule is Cc1ccc(Cl)cc1-c1noc(C)c1C(=O)O. The number of halogens is 1. The van der Waals surface area contributed by atoms with Gasteiger partial charge in [-0.2, -0.15) is 0 Å². The first-order chi connectivity index (χ1) is 8.00. The fourth-order valence-corrected chi connectivity index (χ4v) is 1.83. The first-order valence-corrected chi connectivity index (χ1v) is 5.34. The van der Waals surface area contributed by atoms with Gasteiger partial charge in [-0.25, -0.2) is 4.79 Å². The lowest BCUT2D eigenvalue weighted by Gasteiger charge is -2.03. The quantitative estimate of drug-likeness (QED) is 0.889. The van der Waals surface area contributed by atoms with E-state index in [1.807, 2.05) is 13.0 Å². The van der Waals surface area contributed by atoms with E-state index in [4.69, 9.17) is 21.2 Å². The van der Waals surface area contributed by atoms with E-state index in [9.17, 15) is 4.79 Å². The van der Waals surface area contributed by atoms with Gasteiger partial charge in [0, 0.05) is 10.6 Å². The zero-order valence-electron chi connectivity index (χ0n) is 9.32. The highest BCUT2D eigenvalue weighted by molar-refractivity contribution is 6.30. The molecular weight excluding hydrogens is 242 g/mol. The van der Waals surface area contributed by atoms with Gasteiger partial charge in [0.1, 0.15) is 17.0 Å². The Balaban J connectivity index is 2.68. The van der Waals surface area contributed by atoms with Gasteiger partial charge in [-0.05, 0) is 31.5 Å². The lowest BCUT2D eigenvalue weighted by molar-refractivity contribution is 0.0696. The molecule has 0 atom stereocenters. The maximum atomic E-state index is 11.1. The van der Waals surface area contributed by atoms with Gasteiger partial charge in [0.05, 0.1) is 0 Å². The number of aromatic nitrogens is 1. The standard InChI is InChI=1S/C12H10ClNO3/c1-6-3-4-8(13)5-9(6)11-10(12(15)16)7(2)17-14-11/h3-5H,1-2H3,(H,15,16). The summed E-state index contributed by atoms with van der Waals surface area (Å²) in [5, 5.41) is 13.4. The van der Waals surface area contributed by atoms with Crippen LogP contribution in [0.1, 0.15) is 21.7 Å². The molecule has 0 aliphatic rings. The minimum atomic E-state index is -1.06. The van der Waals surface area contributed by atoms with Crippen molar-refractivity contribution in [3.05, 3.63) is 40.1 Å². The number of carboxylic acid groups (broad SMARTS) is 1. The number of rotatable bonds is 2. The summed E-state index contributed by atoms with van der Waals surface area (Å²) in [6, 6.07) is 5.24. The highest BCUT2D eigenvalue weighted by atomic mass is 35.5. The van der Waals surface area contributed by atoms with Crippen LogP contribution in [0.25, 0.3) is 11.3 Å². The number of aryl methyl sites for hydroxylation is 2. The van der Waals surface area contributed by atoms with Crippen LogP contribution in [0.4, 0.5) is 0 Å². The van der Waals surface area contributed by atoms with Gasteiger partial charge in [0.25, 0.3) is 0 Å². The molecule has 0 unspecified atom stereocenters. The monoisotopic (exact) mass is 251 g/mol. The summed E-state index contributed by atoms with van der Waals surface area (Å²) in [5.41, 5.74) is 1.96. The number of carbonyl (C=O) groups is 1. The molecule has 0 saturated carbocycles. The van der Waals surface area contributed by atoms with E-state index < -0.39 is 5.97 Å². The third kappa shape index (κ3) is 2.03. The van der Waals surface area contributed by atoms with Gasteiger partial charge in [-0.3, -0.25) is 0 Å². The predicted molar refractivity (Wildman–Crippen MR) is 63.4 cm³/mol. The zero-order chi connectivity index (χ0) is 12.6. The fourth-order valence-electron chi connectivity index (χ4n) is 1.66. The van der Waals surface area contributed by atoms with E-state index in [1.54, 1.807) is 19.1 Å². The van der Waals surface area contributed by atoms with E-state index in [2.05, 4.69) is 5.16 Å². The molecule has 0 bridgehead atoms. The molecule has 1 N–H and O–H groups in total. The lowest BCUT2D eigenvalue weighted by atomic mass is 10.0. The maximum absolute atomic E-state index is 11.1. The molecule has 1 aromatic carbocycles. The Morgan fingerprint density at radius 1 is 1.41 bits per heavy atom. The number of benzene rings is 1. The average molecular weight is 252 g/mol. The summed E-state index contributed by atoms with van der Waals surface area (Å²) in [6.45, 7) is 3.43. The van der Waals surface area contributed by atoms with Crippen molar-refractivity contribution in [3.63, 3.8) is 0 Å². The number of carboxylic acids is 1. The molecule has 0 fully saturated rings. The molecule has 88 valence electrons. The van der Waals surface area contributed by atoms with Gasteiger partial charge in [0.15, 0.2) is 0 Å². The van der Waals surface area contributed by atoms with Crippen LogP contribution in [-0.4, -0.2) is 16.2 Å². The summed E-state index contributed by atoms with van der Waals surface area (Å²) in [6.07, 6.45) is 0. The maximum Gasteiger partial charge on any atom is 0.341 e. The van der Waals surface area contributed by atoms with Crippen LogP contribution in [-0.2, 0) is 0 Å².